The van der Waals surface area contributed by atoms with Crippen molar-refractivity contribution in [2.75, 3.05) is 0 Å². The van der Waals surface area contributed by atoms with E-state index >= 15 is 0 Å². The summed E-state index contributed by atoms with van der Waals surface area (Å²) in [5.41, 5.74) is 0.938. The molecule has 0 atom stereocenters. The van der Waals surface area contributed by atoms with Gasteiger partial charge in [-0.1, -0.05) is 45.1 Å². The van der Waals surface area contributed by atoms with Crippen molar-refractivity contribution in [3.05, 3.63) is 23.8 Å². The van der Waals surface area contributed by atoms with Gasteiger partial charge in [0.15, 0.2) is 0 Å². The second kappa shape index (κ2) is 7.15. The second-order valence-electron chi connectivity index (χ2n) is 4.33. The van der Waals surface area contributed by atoms with Gasteiger partial charge in [0.25, 0.3) is 0 Å². The number of rotatable bonds is 7. The average Bonchev–Trinajstić information content (AvgIpc) is 2.26. The van der Waals surface area contributed by atoms with E-state index in [1.165, 1.54) is 38.2 Å². The molecule has 0 aliphatic heterocycles. The predicted octanol–water partition coefficient (Wildman–Crippen LogP) is 4.00. The smallest absolute Gasteiger partial charge is 0.122 e. The number of hydrogen-bond donors (Lipinski definition) is 2. The lowest BCUT2D eigenvalue weighted by molar-refractivity contribution is 0.444. The summed E-state index contributed by atoms with van der Waals surface area (Å²) in [6.45, 7) is 2.22. The zero-order valence-electron chi connectivity index (χ0n) is 10.1. The fourth-order valence-electron chi connectivity index (χ4n) is 1.86. The molecule has 0 fully saturated rings. The standard InChI is InChI=1S/C14H22O2/c1-2-3-4-5-6-7-8-12-9-10-13(15)11-14(12)16/h9-11,15-16H,2-8H2,1H3. The summed E-state index contributed by atoms with van der Waals surface area (Å²) in [6, 6.07) is 4.84. The third-order valence-electron chi connectivity index (χ3n) is 2.87. The quantitative estimate of drug-likeness (QED) is 0.684. The summed E-state index contributed by atoms with van der Waals surface area (Å²) in [6.07, 6.45) is 8.44. The Labute approximate surface area is 97.9 Å². The van der Waals surface area contributed by atoms with Crippen LogP contribution in [0.4, 0.5) is 0 Å². The highest BCUT2D eigenvalue weighted by Gasteiger charge is 2.01. The molecule has 2 heteroatoms. The number of phenolic OH excluding ortho intramolecular Hbond substituents is 2. The van der Waals surface area contributed by atoms with Gasteiger partial charge < -0.3 is 10.2 Å². The Bertz CT molecular complexity index is 308. The van der Waals surface area contributed by atoms with E-state index in [2.05, 4.69) is 6.92 Å². The molecule has 1 aromatic rings. The van der Waals surface area contributed by atoms with Crippen LogP contribution in [0.3, 0.4) is 0 Å². The normalized spacial score (nSPS) is 10.6. The molecule has 0 radical (unpaired) electrons. The molecule has 0 unspecified atom stereocenters. The number of benzene rings is 1. The van der Waals surface area contributed by atoms with Crippen LogP contribution < -0.4 is 0 Å². The molecule has 90 valence electrons. The van der Waals surface area contributed by atoms with Gasteiger partial charge in [-0.3, -0.25) is 0 Å². The van der Waals surface area contributed by atoms with Gasteiger partial charge in [-0.2, -0.15) is 0 Å². The summed E-state index contributed by atoms with van der Waals surface area (Å²) in [7, 11) is 0. The van der Waals surface area contributed by atoms with Crippen molar-refractivity contribution in [2.24, 2.45) is 0 Å². The number of hydrogen-bond acceptors (Lipinski definition) is 2. The number of unbranched alkanes of at least 4 members (excludes halogenated alkanes) is 5. The largest absolute Gasteiger partial charge is 0.508 e. The molecule has 2 nitrogen and oxygen atoms in total. The van der Waals surface area contributed by atoms with Crippen molar-refractivity contribution < 1.29 is 10.2 Å². The SMILES string of the molecule is CCCCCCCCc1ccc(O)cc1O. The fourth-order valence-corrected chi connectivity index (χ4v) is 1.86. The van der Waals surface area contributed by atoms with Gasteiger partial charge in [0.1, 0.15) is 11.5 Å². The molecule has 16 heavy (non-hydrogen) atoms. The van der Waals surface area contributed by atoms with E-state index in [-0.39, 0.29) is 11.5 Å². The minimum atomic E-state index is 0.129. The lowest BCUT2D eigenvalue weighted by Crippen LogP contribution is -1.87. The molecule has 0 aliphatic rings. The maximum absolute atomic E-state index is 9.57. The van der Waals surface area contributed by atoms with E-state index in [1.807, 2.05) is 0 Å². The van der Waals surface area contributed by atoms with Crippen LogP contribution in [0.1, 0.15) is 51.0 Å². The predicted molar refractivity (Wildman–Crippen MR) is 66.9 cm³/mol. The zero-order chi connectivity index (χ0) is 11.8. The summed E-state index contributed by atoms with van der Waals surface area (Å²) in [5.74, 6) is 0.345. The Balaban J connectivity index is 2.21. The number of aryl methyl sites for hydroxylation is 1. The van der Waals surface area contributed by atoms with Crippen LogP contribution in [0.25, 0.3) is 0 Å². The molecule has 0 saturated heterocycles. The minimum absolute atomic E-state index is 0.129. The van der Waals surface area contributed by atoms with Crippen LogP contribution in [0.15, 0.2) is 18.2 Å². The first-order chi connectivity index (χ1) is 7.74. The Hall–Kier alpha value is -1.18. The van der Waals surface area contributed by atoms with Crippen LogP contribution in [0.5, 0.6) is 11.5 Å². The first-order valence-electron chi connectivity index (χ1n) is 6.25. The van der Waals surface area contributed by atoms with Gasteiger partial charge in [0.2, 0.25) is 0 Å². The molecule has 1 rings (SSSR count). The highest BCUT2D eigenvalue weighted by Crippen LogP contribution is 2.24. The lowest BCUT2D eigenvalue weighted by atomic mass is 10.0. The van der Waals surface area contributed by atoms with Crippen molar-refractivity contribution in [1.82, 2.24) is 0 Å². The van der Waals surface area contributed by atoms with Gasteiger partial charge >= 0.3 is 0 Å². The average molecular weight is 222 g/mol. The zero-order valence-corrected chi connectivity index (χ0v) is 10.1. The van der Waals surface area contributed by atoms with Crippen molar-refractivity contribution >= 4 is 0 Å². The molecule has 0 bridgehead atoms. The molecule has 0 aliphatic carbocycles. The third kappa shape index (κ3) is 4.56. The molecular weight excluding hydrogens is 200 g/mol. The van der Waals surface area contributed by atoms with Gasteiger partial charge in [-0.05, 0) is 24.5 Å². The van der Waals surface area contributed by atoms with E-state index in [0.717, 1.165) is 18.4 Å². The van der Waals surface area contributed by atoms with Crippen LogP contribution in [0, 0.1) is 0 Å². The fraction of sp³-hybridized carbons (Fsp3) is 0.571. The summed E-state index contributed by atoms with van der Waals surface area (Å²) in [4.78, 5) is 0. The molecule has 0 saturated carbocycles. The van der Waals surface area contributed by atoms with Crippen LogP contribution in [-0.2, 0) is 6.42 Å². The van der Waals surface area contributed by atoms with E-state index in [0.29, 0.717) is 0 Å². The third-order valence-corrected chi connectivity index (χ3v) is 2.87. The molecule has 0 aromatic heterocycles. The Kier molecular flexibility index (Phi) is 5.76. The lowest BCUT2D eigenvalue weighted by Gasteiger charge is -2.05. The van der Waals surface area contributed by atoms with E-state index < -0.39 is 0 Å². The topological polar surface area (TPSA) is 40.5 Å². The molecule has 1 aromatic carbocycles. The summed E-state index contributed by atoms with van der Waals surface area (Å²) in [5, 5.41) is 18.7. The van der Waals surface area contributed by atoms with Gasteiger partial charge in [-0.25, -0.2) is 0 Å². The van der Waals surface area contributed by atoms with Crippen molar-refractivity contribution in [1.29, 1.82) is 0 Å². The van der Waals surface area contributed by atoms with Crippen molar-refractivity contribution in [2.45, 2.75) is 51.9 Å². The van der Waals surface area contributed by atoms with Crippen molar-refractivity contribution in [3.63, 3.8) is 0 Å². The molecule has 0 spiro atoms. The Morgan fingerprint density at radius 2 is 1.62 bits per heavy atom. The first-order valence-corrected chi connectivity index (χ1v) is 6.25. The van der Waals surface area contributed by atoms with Crippen LogP contribution in [0.2, 0.25) is 0 Å². The summed E-state index contributed by atoms with van der Waals surface area (Å²) < 4.78 is 0. The van der Waals surface area contributed by atoms with Crippen LogP contribution in [-0.4, -0.2) is 10.2 Å². The Morgan fingerprint density at radius 1 is 0.938 bits per heavy atom. The highest BCUT2D eigenvalue weighted by atomic mass is 16.3. The summed E-state index contributed by atoms with van der Waals surface area (Å²) >= 11 is 0. The van der Waals surface area contributed by atoms with E-state index in [4.69, 9.17) is 5.11 Å². The number of aromatic hydroxyl groups is 2. The Morgan fingerprint density at radius 3 is 2.31 bits per heavy atom. The maximum Gasteiger partial charge on any atom is 0.122 e. The van der Waals surface area contributed by atoms with Crippen molar-refractivity contribution in [3.8, 4) is 11.5 Å². The molecule has 0 heterocycles. The monoisotopic (exact) mass is 222 g/mol. The second-order valence-corrected chi connectivity index (χ2v) is 4.33. The maximum atomic E-state index is 9.57. The van der Waals surface area contributed by atoms with Gasteiger partial charge in [0, 0.05) is 6.07 Å². The van der Waals surface area contributed by atoms with E-state index in [1.54, 1.807) is 12.1 Å². The van der Waals surface area contributed by atoms with E-state index in [9.17, 15) is 5.11 Å². The van der Waals surface area contributed by atoms with Gasteiger partial charge in [-0.15, -0.1) is 0 Å². The number of phenols is 2. The van der Waals surface area contributed by atoms with Gasteiger partial charge in [0.05, 0.1) is 0 Å². The first kappa shape index (κ1) is 12.9. The molecule has 2 N–H and O–H groups in total. The van der Waals surface area contributed by atoms with Crippen LogP contribution >= 0.6 is 0 Å². The molecular formula is C14H22O2. The highest BCUT2D eigenvalue weighted by molar-refractivity contribution is 5.38. The minimum Gasteiger partial charge on any atom is -0.508 e. The molecule has 0 amide bonds.